The summed E-state index contributed by atoms with van der Waals surface area (Å²) in [6.07, 6.45) is 1.71. The van der Waals surface area contributed by atoms with Crippen LogP contribution in [0.25, 0.3) is 0 Å². The molecule has 0 atom stereocenters. The Hall–Kier alpha value is -1.91. The first kappa shape index (κ1) is 17.9. The Morgan fingerprint density at radius 2 is 1.88 bits per heavy atom. The van der Waals surface area contributed by atoms with E-state index in [1.165, 1.54) is 11.6 Å². The van der Waals surface area contributed by atoms with Gasteiger partial charge in [0.2, 0.25) is 5.91 Å². The summed E-state index contributed by atoms with van der Waals surface area (Å²) in [7, 11) is 0. The van der Waals surface area contributed by atoms with Crippen molar-refractivity contribution in [3.63, 3.8) is 0 Å². The Labute approximate surface area is 152 Å². The summed E-state index contributed by atoms with van der Waals surface area (Å²) >= 11 is 5.75. The number of hydrogen-bond acceptors (Lipinski definition) is 2. The van der Waals surface area contributed by atoms with Gasteiger partial charge in [0, 0.05) is 30.2 Å². The minimum atomic E-state index is -0.452. The van der Waals surface area contributed by atoms with Crippen LogP contribution in [-0.4, -0.2) is 25.7 Å². The average Bonchev–Trinajstić information content (AvgIpc) is 2.64. The molecule has 132 valence electrons. The monoisotopic (exact) mass is 361 g/mol. The largest absolute Gasteiger partial charge is 0.381 e. The van der Waals surface area contributed by atoms with E-state index >= 15 is 0 Å². The van der Waals surface area contributed by atoms with E-state index in [2.05, 4.69) is 17.4 Å². The maximum Gasteiger partial charge on any atom is 0.224 e. The Kier molecular flexibility index (Phi) is 5.71. The molecule has 5 heteroatoms. The van der Waals surface area contributed by atoms with Crippen molar-refractivity contribution >= 4 is 17.5 Å². The molecule has 1 fully saturated rings. The van der Waals surface area contributed by atoms with Crippen LogP contribution >= 0.6 is 11.6 Å². The summed E-state index contributed by atoms with van der Waals surface area (Å²) in [5.41, 5.74) is 1.42. The third-order valence-corrected chi connectivity index (χ3v) is 5.06. The number of carbonyl (C=O) groups excluding carboxylic acids is 1. The number of amides is 1. The van der Waals surface area contributed by atoms with Gasteiger partial charge in [-0.25, -0.2) is 4.39 Å². The molecular weight excluding hydrogens is 341 g/mol. The minimum Gasteiger partial charge on any atom is -0.381 e. The number of rotatable bonds is 5. The highest BCUT2D eigenvalue weighted by Crippen LogP contribution is 2.34. The second kappa shape index (κ2) is 7.98. The zero-order valence-electron chi connectivity index (χ0n) is 13.9. The Bertz CT molecular complexity index is 730. The lowest BCUT2D eigenvalue weighted by molar-refractivity contribution is -0.121. The first-order chi connectivity index (χ1) is 12.1. The number of benzene rings is 2. The first-order valence-electron chi connectivity index (χ1n) is 8.43. The normalized spacial score (nSPS) is 16.4. The zero-order valence-corrected chi connectivity index (χ0v) is 14.7. The van der Waals surface area contributed by atoms with E-state index in [4.69, 9.17) is 16.3 Å². The summed E-state index contributed by atoms with van der Waals surface area (Å²) in [6.45, 7) is 1.88. The van der Waals surface area contributed by atoms with Crippen molar-refractivity contribution in [2.24, 2.45) is 0 Å². The number of nitrogens with one attached hydrogen (secondary N) is 1. The fraction of sp³-hybridized carbons (Fsp3) is 0.350. The van der Waals surface area contributed by atoms with E-state index in [0.29, 0.717) is 30.3 Å². The van der Waals surface area contributed by atoms with Gasteiger partial charge in [0.15, 0.2) is 0 Å². The van der Waals surface area contributed by atoms with Crippen molar-refractivity contribution in [1.29, 1.82) is 0 Å². The molecule has 0 unspecified atom stereocenters. The van der Waals surface area contributed by atoms with Crippen LogP contribution in [0.1, 0.15) is 24.0 Å². The molecule has 1 amide bonds. The zero-order chi connectivity index (χ0) is 17.7. The predicted octanol–water partition coefficient (Wildman–Crippen LogP) is 3.89. The Morgan fingerprint density at radius 3 is 2.56 bits per heavy atom. The third kappa shape index (κ3) is 4.39. The summed E-state index contributed by atoms with van der Waals surface area (Å²) in [5, 5.41) is 3.31. The van der Waals surface area contributed by atoms with Gasteiger partial charge >= 0.3 is 0 Å². The fourth-order valence-electron chi connectivity index (χ4n) is 3.29. The van der Waals surface area contributed by atoms with Crippen LogP contribution in [0.2, 0.25) is 5.02 Å². The lowest BCUT2D eigenvalue weighted by atomic mass is 9.74. The number of halogens is 2. The van der Waals surface area contributed by atoms with E-state index in [9.17, 15) is 9.18 Å². The van der Waals surface area contributed by atoms with Crippen LogP contribution in [0.15, 0.2) is 48.5 Å². The Balaban J connectivity index is 1.68. The van der Waals surface area contributed by atoms with Crippen molar-refractivity contribution in [2.75, 3.05) is 19.8 Å². The van der Waals surface area contributed by atoms with E-state index in [-0.39, 0.29) is 17.7 Å². The summed E-state index contributed by atoms with van der Waals surface area (Å²) < 4.78 is 19.4. The van der Waals surface area contributed by atoms with Crippen molar-refractivity contribution in [2.45, 2.75) is 24.7 Å². The molecule has 1 heterocycles. The maximum atomic E-state index is 13.9. The molecular formula is C20H21ClFNO2. The van der Waals surface area contributed by atoms with Crippen molar-refractivity contribution in [1.82, 2.24) is 5.32 Å². The molecule has 3 nitrogen and oxygen atoms in total. The van der Waals surface area contributed by atoms with Crippen molar-refractivity contribution in [3.8, 4) is 0 Å². The molecule has 25 heavy (non-hydrogen) atoms. The third-order valence-electron chi connectivity index (χ3n) is 4.83. The molecule has 0 aliphatic carbocycles. The lowest BCUT2D eigenvalue weighted by Gasteiger charge is -2.38. The molecule has 0 aromatic heterocycles. The standard InChI is InChI=1S/C20H21ClFNO2/c21-17-7-6-15(18(22)13-17)12-19(24)23-14-20(8-10-25-11-9-20)16-4-2-1-3-5-16/h1-7,13H,8-12,14H2,(H,23,24). The Morgan fingerprint density at radius 1 is 1.16 bits per heavy atom. The minimum absolute atomic E-state index is 0.00434. The molecule has 1 aliphatic rings. The molecule has 0 saturated carbocycles. The molecule has 1 saturated heterocycles. The van der Waals surface area contributed by atoms with Gasteiger partial charge in [0.1, 0.15) is 5.82 Å². The van der Waals surface area contributed by atoms with Crippen LogP contribution in [0.3, 0.4) is 0 Å². The molecule has 2 aromatic rings. The van der Waals surface area contributed by atoms with Gasteiger partial charge in [-0.15, -0.1) is 0 Å². The molecule has 0 bridgehead atoms. The number of hydrogen-bond donors (Lipinski definition) is 1. The van der Waals surface area contributed by atoms with Crippen LogP contribution in [0, 0.1) is 5.82 Å². The van der Waals surface area contributed by atoms with E-state index < -0.39 is 5.82 Å². The van der Waals surface area contributed by atoms with Crippen LogP contribution in [0.4, 0.5) is 4.39 Å². The maximum absolute atomic E-state index is 13.9. The molecule has 2 aromatic carbocycles. The van der Waals surface area contributed by atoms with Crippen LogP contribution in [-0.2, 0) is 21.4 Å². The van der Waals surface area contributed by atoms with E-state index in [1.54, 1.807) is 12.1 Å². The fourth-order valence-corrected chi connectivity index (χ4v) is 3.45. The van der Waals surface area contributed by atoms with Gasteiger partial charge in [-0.3, -0.25) is 4.79 Å². The second-order valence-corrected chi connectivity index (χ2v) is 6.88. The van der Waals surface area contributed by atoms with Gasteiger partial charge in [0.25, 0.3) is 0 Å². The van der Waals surface area contributed by atoms with E-state index in [0.717, 1.165) is 12.8 Å². The summed E-state index contributed by atoms with van der Waals surface area (Å²) in [5.74, 6) is -0.644. The van der Waals surface area contributed by atoms with Crippen LogP contribution < -0.4 is 5.32 Å². The molecule has 3 rings (SSSR count). The molecule has 1 N–H and O–H groups in total. The predicted molar refractivity (Wildman–Crippen MR) is 96.3 cm³/mol. The molecule has 0 radical (unpaired) electrons. The highest BCUT2D eigenvalue weighted by molar-refractivity contribution is 6.30. The highest BCUT2D eigenvalue weighted by Gasteiger charge is 2.34. The van der Waals surface area contributed by atoms with Crippen molar-refractivity contribution in [3.05, 3.63) is 70.5 Å². The van der Waals surface area contributed by atoms with Gasteiger partial charge < -0.3 is 10.1 Å². The number of carbonyl (C=O) groups is 1. The van der Waals surface area contributed by atoms with Gasteiger partial charge in [0.05, 0.1) is 6.42 Å². The summed E-state index contributed by atoms with van der Waals surface area (Å²) in [4.78, 5) is 12.3. The van der Waals surface area contributed by atoms with Crippen LogP contribution in [0.5, 0.6) is 0 Å². The summed E-state index contributed by atoms with van der Waals surface area (Å²) in [6, 6.07) is 14.6. The van der Waals surface area contributed by atoms with E-state index in [1.807, 2.05) is 18.2 Å². The van der Waals surface area contributed by atoms with Gasteiger partial charge in [-0.2, -0.15) is 0 Å². The van der Waals surface area contributed by atoms with Gasteiger partial charge in [-0.05, 0) is 36.1 Å². The molecule has 0 spiro atoms. The second-order valence-electron chi connectivity index (χ2n) is 6.45. The SMILES string of the molecule is O=C(Cc1ccc(Cl)cc1F)NCC1(c2ccccc2)CCOCC1. The number of ether oxygens (including phenoxy) is 1. The average molecular weight is 362 g/mol. The van der Waals surface area contributed by atoms with Crippen molar-refractivity contribution < 1.29 is 13.9 Å². The lowest BCUT2D eigenvalue weighted by Crippen LogP contribution is -2.45. The quantitative estimate of drug-likeness (QED) is 0.877. The topological polar surface area (TPSA) is 38.3 Å². The molecule has 1 aliphatic heterocycles. The highest BCUT2D eigenvalue weighted by atomic mass is 35.5. The van der Waals surface area contributed by atoms with Gasteiger partial charge in [-0.1, -0.05) is 48.0 Å². The first-order valence-corrected chi connectivity index (χ1v) is 8.81. The smallest absolute Gasteiger partial charge is 0.224 e.